The first kappa shape index (κ1) is 10.9. The highest BCUT2D eigenvalue weighted by molar-refractivity contribution is 7.99. The molecule has 1 nitrogen and oxygen atoms in total. The molecule has 2 rings (SSSR count). The average Bonchev–Trinajstić information content (AvgIpc) is 2.47. The number of ether oxygens (including phenoxy) is 1. The lowest BCUT2D eigenvalue weighted by Gasteiger charge is -2.13. The summed E-state index contributed by atoms with van der Waals surface area (Å²) in [5, 5.41) is 0. The first-order valence-corrected chi connectivity index (χ1v) is 6.45. The van der Waals surface area contributed by atoms with Gasteiger partial charge < -0.3 is 4.74 Å². The molecule has 1 aromatic heterocycles. The van der Waals surface area contributed by atoms with Crippen molar-refractivity contribution in [3.8, 4) is 5.75 Å². The quantitative estimate of drug-likeness (QED) is 0.651. The molecule has 0 unspecified atom stereocenters. The van der Waals surface area contributed by atoms with E-state index in [4.69, 9.17) is 4.74 Å². The first-order chi connectivity index (χ1) is 6.29. The van der Waals surface area contributed by atoms with Crippen LogP contribution in [0.3, 0.4) is 0 Å². The van der Waals surface area contributed by atoms with Crippen molar-refractivity contribution in [1.82, 2.24) is 0 Å². The number of fused-ring (bicyclic) bond motifs is 1. The Morgan fingerprint density at radius 1 is 1.15 bits per heavy atom. The zero-order valence-corrected chi connectivity index (χ0v) is 10.3. The molecule has 3 heteroatoms. The molecule has 0 saturated heterocycles. The Kier molecular flexibility index (Phi) is 4.13. The average molecular weight is 216 g/mol. The van der Waals surface area contributed by atoms with Gasteiger partial charge in [0.25, 0.3) is 0 Å². The minimum Gasteiger partial charge on any atom is -0.490 e. The summed E-state index contributed by atoms with van der Waals surface area (Å²) in [4.78, 5) is 4.10. The molecule has 2 heterocycles. The Bertz CT molecular complexity index is 252. The van der Waals surface area contributed by atoms with Crippen LogP contribution in [0.5, 0.6) is 5.75 Å². The van der Waals surface area contributed by atoms with E-state index in [0.29, 0.717) is 0 Å². The molecule has 0 aliphatic carbocycles. The van der Waals surface area contributed by atoms with Crippen molar-refractivity contribution in [3.05, 3.63) is 9.75 Å². The van der Waals surface area contributed by atoms with E-state index in [1.165, 1.54) is 14.6 Å². The van der Waals surface area contributed by atoms with Gasteiger partial charge in [0, 0.05) is 15.5 Å². The van der Waals surface area contributed by atoms with Crippen LogP contribution in [0.2, 0.25) is 0 Å². The van der Waals surface area contributed by atoms with Crippen LogP contribution in [0.1, 0.15) is 23.6 Å². The third-order valence-corrected chi connectivity index (χ3v) is 4.01. The summed E-state index contributed by atoms with van der Waals surface area (Å²) in [6.45, 7) is 9.16. The third-order valence-electron chi connectivity index (χ3n) is 1.73. The van der Waals surface area contributed by atoms with Crippen molar-refractivity contribution < 1.29 is 4.74 Å². The van der Waals surface area contributed by atoms with Crippen molar-refractivity contribution in [2.24, 2.45) is 0 Å². The normalized spacial score (nSPS) is 13.8. The number of hydrogen-bond acceptors (Lipinski definition) is 3. The Morgan fingerprint density at radius 3 is 2.46 bits per heavy atom. The maximum absolute atomic E-state index is 5.56. The number of thiophene rings is 1. The zero-order valence-electron chi connectivity index (χ0n) is 8.64. The summed E-state index contributed by atoms with van der Waals surface area (Å²) in [5.41, 5.74) is 0. The molecule has 1 aliphatic heterocycles. The van der Waals surface area contributed by atoms with Gasteiger partial charge in [0.05, 0.1) is 11.5 Å². The highest BCUT2D eigenvalue weighted by Crippen LogP contribution is 2.43. The number of aryl methyl sites for hydroxylation is 2. The number of hydrogen-bond donors (Lipinski definition) is 0. The Hall–Kier alpha value is -0.150. The molecular formula is C10H16OS2. The van der Waals surface area contributed by atoms with Gasteiger partial charge in [-0.05, 0) is 13.8 Å². The van der Waals surface area contributed by atoms with Crippen LogP contribution in [-0.2, 0) is 0 Å². The van der Waals surface area contributed by atoms with Crippen LogP contribution < -0.4 is 4.74 Å². The topological polar surface area (TPSA) is 9.23 Å². The van der Waals surface area contributed by atoms with Crippen LogP contribution in [0.15, 0.2) is 4.90 Å². The van der Waals surface area contributed by atoms with Gasteiger partial charge in [-0.15, -0.1) is 23.1 Å². The van der Waals surface area contributed by atoms with Gasteiger partial charge >= 0.3 is 0 Å². The van der Waals surface area contributed by atoms with Crippen molar-refractivity contribution in [2.75, 3.05) is 12.4 Å². The maximum Gasteiger partial charge on any atom is 0.146 e. The lowest BCUT2D eigenvalue weighted by Crippen LogP contribution is -2.05. The van der Waals surface area contributed by atoms with Crippen molar-refractivity contribution in [2.45, 2.75) is 32.6 Å². The second-order valence-electron chi connectivity index (χ2n) is 2.57. The van der Waals surface area contributed by atoms with Crippen LogP contribution in [0.4, 0.5) is 0 Å². The standard InChI is InChI=1S/C8H10OS2.C2H6/c1-5-7-8(6(2)11-5)10-4-3-9-7;1-2/h3-4H2,1-2H3;1-2H3. The van der Waals surface area contributed by atoms with Crippen molar-refractivity contribution in [3.63, 3.8) is 0 Å². The predicted octanol–water partition coefficient (Wildman–Crippen LogP) is 3.88. The Balaban J connectivity index is 0.000000396. The fourth-order valence-electron chi connectivity index (χ4n) is 1.26. The second kappa shape index (κ2) is 4.91. The summed E-state index contributed by atoms with van der Waals surface area (Å²) >= 11 is 3.76. The van der Waals surface area contributed by atoms with Crippen molar-refractivity contribution >= 4 is 23.1 Å². The SMILES string of the molecule is CC.Cc1sc(C)c2c1OCCS2. The summed E-state index contributed by atoms with van der Waals surface area (Å²) in [6.07, 6.45) is 0. The van der Waals surface area contributed by atoms with E-state index < -0.39 is 0 Å². The molecule has 0 amide bonds. The summed E-state index contributed by atoms with van der Waals surface area (Å²) in [6, 6.07) is 0. The van der Waals surface area contributed by atoms with Crippen LogP contribution >= 0.6 is 23.1 Å². The van der Waals surface area contributed by atoms with E-state index in [2.05, 4.69) is 13.8 Å². The number of thioether (sulfide) groups is 1. The van der Waals surface area contributed by atoms with Gasteiger partial charge in [-0.2, -0.15) is 0 Å². The van der Waals surface area contributed by atoms with Crippen LogP contribution in [-0.4, -0.2) is 12.4 Å². The smallest absolute Gasteiger partial charge is 0.146 e. The van der Waals surface area contributed by atoms with Crippen LogP contribution in [0.25, 0.3) is 0 Å². The molecule has 1 aromatic rings. The van der Waals surface area contributed by atoms with E-state index in [0.717, 1.165) is 18.1 Å². The van der Waals surface area contributed by atoms with E-state index in [1.54, 1.807) is 0 Å². The van der Waals surface area contributed by atoms with Crippen molar-refractivity contribution in [1.29, 1.82) is 0 Å². The molecule has 0 bridgehead atoms. The second-order valence-corrected chi connectivity index (χ2v) is 5.10. The van der Waals surface area contributed by atoms with Gasteiger partial charge in [0.2, 0.25) is 0 Å². The fourth-order valence-corrected chi connectivity index (χ4v) is 3.45. The first-order valence-electron chi connectivity index (χ1n) is 4.64. The van der Waals surface area contributed by atoms with Gasteiger partial charge in [0.15, 0.2) is 0 Å². The zero-order chi connectivity index (χ0) is 9.84. The summed E-state index contributed by atoms with van der Waals surface area (Å²) < 4.78 is 5.56. The van der Waals surface area contributed by atoms with Gasteiger partial charge in [-0.3, -0.25) is 0 Å². The minimum absolute atomic E-state index is 0.870. The molecule has 0 radical (unpaired) electrons. The Labute approximate surface area is 88.5 Å². The van der Waals surface area contributed by atoms with E-state index >= 15 is 0 Å². The van der Waals surface area contributed by atoms with E-state index in [-0.39, 0.29) is 0 Å². The van der Waals surface area contributed by atoms with E-state index in [1.807, 2.05) is 36.9 Å². The molecular weight excluding hydrogens is 200 g/mol. The summed E-state index contributed by atoms with van der Waals surface area (Å²) in [7, 11) is 0. The fraction of sp³-hybridized carbons (Fsp3) is 0.600. The molecule has 1 aliphatic rings. The lowest BCUT2D eigenvalue weighted by molar-refractivity contribution is 0.329. The molecule has 0 atom stereocenters. The number of rotatable bonds is 0. The predicted molar refractivity (Wildman–Crippen MR) is 61.4 cm³/mol. The highest BCUT2D eigenvalue weighted by atomic mass is 32.2. The minimum atomic E-state index is 0.870. The highest BCUT2D eigenvalue weighted by Gasteiger charge is 2.18. The molecule has 0 fully saturated rings. The van der Waals surface area contributed by atoms with E-state index in [9.17, 15) is 0 Å². The molecule has 0 N–H and O–H groups in total. The van der Waals surface area contributed by atoms with Gasteiger partial charge in [0.1, 0.15) is 5.75 Å². The third kappa shape index (κ3) is 2.20. The Morgan fingerprint density at radius 2 is 1.85 bits per heavy atom. The molecule has 0 saturated carbocycles. The molecule has 13 heavy (non-hydrogen) atoms. The van der Waals surface area contributed by atoms with Crippen LogP contribution in [0, 0.1) is 13.8 Å². The van der Waals surface area contributed by atoms with Gasteiger partial charge in [-0.25, -0.2) is 0 Å². The largest absolute Gasteiger partial charge is 0.490 e. The molecule has 74 valence electrons. The molecule has 0 aromatic carbocycles. The van der Waals surface area contributed by atoms with Gasteiger partial charge in [-0.1, -0.05) is 13.8 Å². The lowest BCUT2D eigenvalue weighted by atomic mass is 10.4. The molecule has 0 spiro atoms. The monoisotopic (exact) mass is 216 g/mol. The maximum atomic E-state index is 5.56. The summed E-state index contributed by atoms with van der Waals surface area (Å²) in [5.74, 6) is 2.24.